The lowest BCUT2D eigenvalue weighted by molar-refractivity contribution is 0.0544. The van der Waals surface area contributed by atoms with E-state index in [0.717, 1.165) is 30.9 Å². The minimum Gasteiger partial charge on any atom is -0.381 e. The number of hydrogen-bond acceptors (Lipinski definition) is 1. The normalized spacial score (nSPS) is 22.2. The molecule has 12 heavy (non-hydrogen) atoms. The summed E-state index contributed by atoms with van der Waals surface area (Å²) in [5.74, 6) is 0.911. The van der Waals surface area contributed by atoms with Crippen molar-refractivity contribution in [1.82, 2.24) is 0 Å². The summed E-state index contributed by atoms with van der Waals surface area (Å²) in [4.78, 5) is 0. The van der Waals surface area contributed by atoms with Gasteiger partial charge in [0.15, 0.2) is 0 Å². The van der Waals surface area contributed by atoms with Gasteiger partial charge in [-0.3, -0.25) is 0 Å². The van der Waals surface area contributed by atoms with E-state index in [2.05, 4.69) is 29.8 Å². The highest BCUT2D eigenvalue weighted by Gasteiger charge is 2.40. The molecule has 1 rings (SSSR count). The SMILES string of the molecule is CCCOCC(C)(CBr)C1CC1. The Bertz CT molecular complexity index is 134. The van der Waals surface area contributed by atoms with E-state index in [1.54, 1.807) is 0 Å². The van der Waals surface area contributed by atoms with Gasteiger partial charge in [0.1, 0.15) is 0 Å². The third kappa shape index (κ3) is 2.74. The van der Waals surface area contributed by atoms with E-state index in [1.807, 2.05) is 0 Å². The Morgan fingerprint density at radius 2 is 2.17 bits per heavy atom. The summed E-state index contributed by atoms with van der Waals surface area (Å²) >= 11 is 3.58. The molecule has 0 aromatic heterocycles. The van der Waals surface area contributed by atoms with Crippen molar-refractivity contribution in [3.8, 4) is 0 Å². The van der Waals surface area contributed by atoms with E-state index < -0.39 is 0 Å². The van der Waals surface area contributed by atoms with Crippen LogP contribution in [-0.4, -0.2) is 18.5 Å². The van der Waals surface area contributed by atoms with Crippen molar-refractivity contribution >= 4 is 15.9 Å². The topological polar surface area (TPSA) is 9.23 Å². The van der Waals surface area contributed by atoms with Crippen LogP contribution in [0.25, 0.3) is 0 Å². The van der Waals surface area contributed by atoms with Crippen molar-refractivity contribution in [2.75, 3.05) is 18.5 Å². The quantitative estimate of drug-likeness (QED) is 0.507. The largest absolute Gasteiger partial charge is 0.381 e. The van der Waals surface area contributed by atoms with Gasteiger partial charge in [0.2, 0.25) is 0 Å². The molecule has 0 aliphatic heterocycles. The smallest absolute Gasteiger partial charge is 0.0530 e. The molecule has 0 bridgehead atoms. The minimum atomic E-state index is 0.398. The van der Waals surface area contributed by atoms with Crippen molar-refractivity contribution in [1.29, 1.82) is 0 Å². The van der Waals surface area contributed by atoms with Gasteiger partial charge in [-0.05, 0) is 25.2 Å². The molecule has 1 atom stereocenters. The Morgan fingerprint density at radius 1 is 1.50 bits per heavy atom. The van der Waals surface area contributed by atoms with Crippen molar-refractivity contribution in [3.63, 3.8) is 0 Å². The molecular formula is C10H19BrO. The van der Waals surface area contributed by atoms with Crippen LogP contribution >= 0.6 is 15.9 Å². The van der Waals surface area contributed by atoms with Gasteiger partial charge < -0.3 is 4.74 Å². The molecule has 0 aromatic rings. The van der Waals surface area contributed by atoms with Crippen molar-refractivity contribution in [2.24, 2.45) is 11.3 Å². The van der Waals surface area contributed by atoms with Gasteiger partial charge in [0, 0.05) is 17.4 Å². The molecule has 0 saturated heterocycles. The number of halogens is 1. The fourth-order valence-electron chi connectivity index (χ4n) is 1.50. The Balaban J connectivity index is 2.23. The van der Waals surface area contributed by atoms with Crippen LogP contribution in [0, 0.1) is 11.3 Å². The van der Waals surface area contributed by atoms with Gasteiger partial charge in [-0.15, -0.1) is 0 Å². The summed E-state index contributed by atoms with van der Waals surface area (Å²) in [6.45, 7) is 6.32. The van der Waals surface area contributed by atoms with E-state index in [-0.39, 0.29) is 0 Å². The van der Waals surface area contributed by atoms with Gasteiger partial charge in [-0.25, -0.2) is 0 Å². The van der Waals surface area contributed by atoms with Gasteiger partial charge in [0.25, 0.3) is 0 Å². The molecule has 0 amide bonds. The summed E-state index contributed by atoms with van der Waals surface area (Å²) in [7, 11) is 0. The maximum absolute atomic E-state index is 5.61. The fraction of sp³-hybridized carbons (Fsp3) is 1.00. The lowest BCUT2D eigenvalue weighted by Crippen LogP contribution is -2.27. The third-order valence-electron chi connectivity index (χ3n) is 2.65. The molecule has 0 N–H and O–H groups in total. The maximum atomic E-state index is 5.61. The second-order valence-corrected chi connectivity index (χ2v) is 4.68. The molecule has 2 heteroatoms. The standard InChI is InChI=1S/C10H19BrO/c1-3-6-12-8-10(2,7-11)9-4-5-9/h9H,3-8H2,1-2H3. The molecule has 1 aliphatic rings. The monoisotopic (exact) mass is 234 g/mol. The first-order valence-electron chi connectivity index (χ1n) is 4.86. The number of rotatable bonds is 6. The van der Waals surface area contributed by atoms with Crippen LogP contribution in [0.1, 0.15) is 33.1 Å². The summed E-state index contributed by atoms with van der Waals surface area (Å²) in [5, 5.41) is 1.08. The molecular weight excluding hydrogens is 216 g/mol. The number of alkyl halides is 1. The van der Waals surface area contributed by atoms with Crippen LogP contribution in [0.5, 0.6) is 0 Å². The van der Waals surface area contributed by atoms with E-state index in [1.165, 1.54) is 12.8 Å². The highest BCUT2D eigenvalue weighted by Crippen LogP contribution is 2.46. The highest BCUT2D eigenvalue weighted by atomic mass is 79.9. The molecule has 1 saturated carbocycles. The molecule has 0 spiro atoms. The van der Waals surface area contributed by atoms with Crippen molar-refractivity contribution in [2.45, 2.75) is 33.1 Å². The van der Waals surface area contributed by atoms with Gasteiger partial charge >= 0.3 is 0 Å². The van der Waals surface area contributed by atoms with Crippen LogP contribution < -0.4 is 0 Å². The summed E-state index contributed by atoms with van der Waals surface area (Å²) in [6.07, 6.45) is 3.93. The van der Waals surface area contributed by atoms with Gasteiger partial charge in [-0.2, -0.15) is 0 Å². The molecule has 1 nitrogen and oxygen atoms in total. The molecule has 1 aliphatic carbocycles. The predicted molar refractivity (Wildman–Crippen MR) is 55.7 cm³/mol. The average molecular weight is 235 g/mol. The Kier molecular flexibility index (Phi) is 4.04. The molecule has 1 fully saturated rings. The first kappa shape index (κ1) is 10.5. The van der Waals surface area contributed by atoms with Crippen molar-refractivity contribution in [3.05, 3.63) is 0 Å². The summed E-state index contributed by atoms with van der Waals surface area (Å²) < 4.78 is 5.61. The average Bonchev–Trinajstić information content (AvgIpc) is 2.87. The van der Waals surface area contributed by atoms with Crippen LogP contribution in [-0.2, 0) is 4.74 Å². The molecule has 0 radical (unpaired) electrons. The molecule has 0 aromatic carbocycles. The van der Waals surface area contributed by atoms with Crippen molar-refractivity contribution < 1.29 is 4.74 Å². The van der Waals surface area contributed by atoms with Gasteiger partial charge in [-0.1, -0.05) is 29.8 Å². The second-order valence-electron chi connectivity index (χ2n) is 4.11. The Morgan fingerprint density at radius 3 is 2.58 bits per heavy atom. The zero-order chi connectivity index (χ0) is 9.03. The van der Waals surface area contributed by atoms with Crippen LogP contribution in [0.15, 0.2) is 0 Å². The Hall–Kier alpha value is 0.440. The van der Waals surface area contributed by atoms with Crippen LogP contribution in [0.3, 0.4) is 0 Å². The number of hydrogen-bond donors (Lipinski definition) is 0. The van der Waals surface area contributed by atoms with E-state index in [9.17, 15) is 0 Å². The highest BCUT2D eigenvalue weighted by molar-refractivity contribution is 9.09. The molecule has 1 unspecified atom stereocenters. The lowest BCUT2D eigenvalue weighted by atomic mass is 9.88. The first-order chi connectivity index (χ1) is 5.73. The Labute approximate surface area is 84.0 Å². The molecule has 0 heterocycles. The summed E-state index contributed by atoms with van der Waals surface area (Å²) in [5.41, 5.74) is 0.398. The maximum Gasteiger partial charge on any atom is 0.0530 e. The third-order valence-corrected chi connectivity index (χ3v) is 3.93. The minimum absolute atomic E-state index is 0.398. The van der Waals surface area contributed by atoms with E-state index >= 15 is 0 Å². The lowest BCUT2D eigenvalue weighted by Gasteiger charge is -2.26. The number of ether oxygens (including phenoxy) is 1. The zero-order valence-corrected chi connectivity index (χ0v) is 9.69. The molecule has 72 valence electrons. The zero-order valence-electron chi connectivity index (χ0n) is 8.11. The van der Waals surface area contributed by atoms with Crippen LogP contribution in [0.2, 0.25) is 0 Å². The fourth-order valence-corrected chi connectivity index (χ4v) is 2.12. The summed E-state index contributed by atoms with van der Waals surface area (Å²) in [6, 6.07) is 0. The predicted octanol–water partition coefficient (Wildman–Crippen LogP) is 3.22. The first-order valence-corrected chi connectivity index (χ1v) is 5.99. The van der Waals surface area contributed by atoms with E-state index in [0.29, 0.717) is 5.41 Å². The van der Waals surface area contributed by atoms with Gasteiger partial charge in [0.05, 0.1) is 6.61 Å². The van der Waals surface area contributed by atoms with E-state index in [4.69, 9.17) is 4.74 Å². The second kappa shape index (κ2) is 4.61. The van der Waals surface area contributed by atoms with Crippen LogP contribution in [0.4, 0.5) is 0 Å².